The average molecular weight is 800 g/mol. The maximum atomic E-state index is 5.41. The van der Waals surface area contributed by atoms with Crippen LogP contribution in [0.1, 0.15) is 22.3 Å². The first-order chi connectivity index (χ1) is 31.2. The molecule has 3 heteroatoms. The summed E-state index contributed by atoms with van der Waals surface area (Å²) < 4.78 is 0. The molecule has 0 radical (unpaired) electrons. The molecule has 1 aliphatic rings. The van der Waals surface area contributed by atoms with Crippen molar-refractivity contribution in [3.8, 4) is 44.6 Å². The Labute approximate surface area is 364 Å². The highest BCUT2D eigenvalue weighted by Gasteiger charge is 2.46. The van der Waals surface area contributed by atoms with E-state index >= 15 is 0 Å². The smallest absolute Gasteiger partial charge is 0.0970 e. The Bertz CT molecular complexity index is 3740. The largest absolute Gasteiger partial charge is 0.254 e. The van der Waals surface area contributed by atoms with Crippen molar-refractivity contribution in [1.82, 2.24) is 15.0 Å². The van der Waals surface area contributed by atoms with Crippen molar-refractivity contribution >= 4 is 54.3 Å². The van der Waals surface area contributed by atoms with E-state index in [1.807, 2.05) is 24.5 Å². The van der Waals surface area contributed by atoms with Crippen LogP contribution in [0.3, 0.4) is 0 Å². The number of nitrogens with zero attached hydrogens (tertiary/aromatic N) is 3. The van der Waals surface area contributed by atoms with Gasteiger partial charge in [-0.1, -0.05) is 164 Å². The molecule has 0 amide bonds. The fraction of sp³-hybridized carbons (Fsp3) is 0.0167. The van der Waals surface area contributed by atoms with Crippen LogP contribution in [0.25, 0.3) is 98.9 Å². The van der Waals surface area contributed by atoms with Crippen molar-refractivity contribution in [2.75, 3.05) is 0 Å². The van der Waals surface area contributed by atoms with E-state index < -0.39 is 5.41 Å². The number of pyridine rings is 3. The zero-order valence-corrected chi connectivity index (χ0v) is 34.2. The van der Waals surface area contributed by atoms with Gasteiger partial charge in [-0.25, -0.2) is 4.98 Å². The molecule has 63 heavy (non-hydrogen) atoms. The molecule has 0 spiro atoms. The van der Waals surface area contributed by atoms with Crippen molar-refractivity contribution in [2.24, 2.45) is 0 Å². The summed E-state index contributed by atoms with van der Waals surface area (Å²) in [5.74, 6) is 0. The van der Waals surface area contributed by atoms with Crippen LogP contribution in [0, 0.1) is 0 Å². The second-order valence-corrected chi connectivity index (χ2v) is 16.7. The zero-order valence-electron chi connectivity index (χ0n) is 34.2. The Balaban J connectivity index is 0.930. The van der Waals surface area contributed by atoms with Gasteiger partial charge in [0.25, 0.3) is 0 Å². The highest BCUT2D eigenvalue weighted by molar-refractivity contribution is 6.14. The van der Waals surface area contributed by atoms with Gasteiger partial charge in [0.15, 0.2) is 0 Å². The number of hydrogen-bond acceptors (Lipinski definition) is 3. The van der Waals surface area contributed by atoms with Crippen molar-refractivity contribution in [3.63, 3.8) is 0 Å². The first kappa shape index (κ1) is 35.5. The first-order valence-corrected chi connectivity index (χ1v) is 21.6. The fourth-order valence-electron chi connectivity index (χ4n) is 10.5. The predicted octanol–water partition coefficient (Wildman–Crippen LogP) is 15.0. The van der Waals surface area contributed by atoms with E-state index in [1.54, 1.807) is 0 Å². The number of fused-ring (bicyclic) bond motifs is 10. The molecule has 0 bridgehead atoms. The zero-order chi connectivity index (χ0) is 41.5. The summed E-state index contributed by atoms with van der Waals surface area (Å²) >= 11 is 0. The molecule has 3 aromatic heterocycles. The minimum Gasteiger partial charge on any atom is -0.254 e. The summed E-state index contributed by atoms with van der Waals surface area (Å²) in [5.41, 5.74) is 16.8. The fourth-order valence-corrected chi connectivity index (χ4v) is 10.5. The van der Waals surface area contributed by atoms with Crippen LogP contribution in [0.15, 0.2) is 225 Å². The van der Waals surface area contributed by atoms with Gasteiger partial charge in [-0.15, -0.1) is 0 Å². The lowest BCUT2D eigenvalue weighted by Crippen LogP contribution is -2.28. The molecule has 0 unspecified atom stereocenters. The van der Waals surface area contributed by atoms with E-state index in [-0.39, 0.29) is 0 Å². The van der Waals surface area contributed by atoms with E-state index in [1.165, 1.54) is 66.2 Å². The summed E-state index contributed by atoms with van der Waals surface area (Å²) in [7, 11) is 0. The third-order valence-corrected chi connectivity index (χ3v) is 13.4. The number of benzene rings is 9. The van der Waals surface area contributed by atoms with Crippen LogP contribution in [0.2, 0.25) is 0 Å². The summed E-state index contributed by atoms with van der Waals surface area (Å²) in [4.78, 5) is 14.8. The molecule has 9 aromatic carbocycles. The van der Waals surface area contributed by atoms with Gasteiger partial charge in [0.05, 0.1) is 27.7 Å². The molecule has 3 nitrogen and oxygen atoms in total. The van der Waals surface area contributed by atoms with E-state index in [0.717, 1.165) is 54.9 Å². The van der Waals surface area contributed by atoms with Crippen LogP contribution >= 0.6 is 0 Å². The van der Waals surface area contributed by atoms with Gasteiger partial charge >= 0.3 is 0 Å². The standard InChI is InChI=1S/C60H37N3/c1-3-14-45(15-4-1)60(46-16-5-2-6-17-46)54-21-9-7-18-47(54)52-36-53-51(37-55(52)60)48-19-8-10-22-56(48)63-57(53)39-25-23-38(24-26-39)40-27-28-42-34-43(30-29-41(42)33-40)50-35-44-13-11-31-61-58(44)59-49(50)20-12-32-62-59/h1-37H. The molecule has 12 aromatic rings. The predicted molar refractivity (Wildman–Crippen MR) is 261 cm³/mol. The SMILES string of the molecule is c1ccc(C2(c3ccccc3)c3ccccc3-c3cc4c(-c5ccc(-c6ccc7cc(-c8cc9cccnc9c9ncccc89)ccc7c6)cc5)nc5ccccc5c4cc32)cc1. The van der Waals surface area contributed by atoms with Crippen LogP contribution in [-0.4, -0.2) is 15.0 Å². The second kappa shape index (κ2) is 13.9. The van der Waals surface area contributed by atoms with E-state index in [9.17, 15) is 0 Å². The number of aromatic nitrogens is 3. The molecule has 292 valence electrons. The first-order valence-electron chi connectivity index (χ1n) is 21.6. The van der Waals surface area contributed by atoms with Gasteiger partial charge in [-0.2, -0.15) is 0 Å². The maximum Gasteiger partial charge on any atom is 0.0970 e. The number of para-hydroxylation sites is 1. The van der Waals surface area contributed by atoms with Gasteiger partial charge < -0.3 is 0 Å². The normalized spacial score (nSPS) is 12.9. The van der Waals surface area contributed by atoms with Crippen molar-refractivity contribution in [1.29, 1.82) is 0 Å². The highest BCUT2D eigenvalue weighted by Crippen LogP contribution is 2.57. The molecule has 0 atom stereocenters. The Morgan fingerprint density at radius 3 is 1.73 bits per heavy atom. The summed E-state index contributed by atoms with van der Waals surface area (Å²) in [6.07, 6.45) is 3.69. The lowest BCUT2D eigenvalue weighted by atomic mass is 9.67. The summed E-state index contributed by atoms with van der Waals surface area (Å²) in [5, 5.41) is 8.11. The highest BCUT2D eigenvalue weighted by atomic mass is 14.7. The third kappa shape index (κ3) is 5.36. The molecule has 0 saturated carbocycles. The van der Waals surface area contributed by atoms with Crippen LogP contribution in [0.5, 0.6) is 0 Å². The Hall–Kier alpha value is -8.27. The number of rotatable bonds is 5. The average Bonchev–Trinajstić information content (AvgIpc) is 3.65. The molecule has 0 N–H and O–H groups in total. The minimum absolute atomic E-state index is 0.476. The topological polar surface area (TPSA) is 38.7 Å². The molecular formula is C60H37N3. The van der Waals surface area contributed by atoms with Crippen LogP contribution < -0.4 is 0 Å². The lowest BCUT2D eigenvalue weighted by Gasteiger charge is -2.34. The van der Waals surface area contributed by atoms with Crippen molar-refractivity contribution in [3.05, 3.63) is 247 Å². The van der Waals surface area contributed by atoms with Crippen LogP contribution in [0.4, 0.5) is 0 Å². The minimum atomic E-state index is -0.476. The monoisotopic (exact) mass is 799 g/mol. The second-order valence-electron chi connectivity index (χ2n) is 16.7. The van der Waals surface area contributed by atoms with Crippen molar-refractivity contribution < 1.29 is 0 Å². The van der Waals surface area contributed by atoms with Gasteiger partial charge in [0, 0.05) is 39.5 Å². The van der Waals surface area contributed by atoms with Gasteiger partial charge in [0.2, 0.25) is 0 Å². The van der Waals surface area contributed by atoms with E-state index in [0.29, 0.717) is 0 Å². The molecule has 13 rings (SSSR count). The summed E-state index contributed by atoms with van der Waals surface area (Å²) in [6, 6.07) is 77.5. The molecule has 0 fully saturated rings. The summed E-state index contributed by atoms with van der Waals surface area (Å²) in [6.45, 7) is 0. The van der Waals surface area contributed by atoms with E-state index in [2.05, 4.69) is 205 Å². The number of hydrogen-bond donors (Lipinski definition) is 0. The Morgan fingerprint density at radius 2 is 0.937 bits per heavy atom. The van der Waals surface area contributed by atoms with Gasteiger partial charge in [-0.3, -0.25) is 9.97 Å². The molecular weight excluding hydrogens is 763 g/mol. The van der Waals surface area contributed by atoms with Gasteiger partial charge in [0.1, 0.15) is 0 Å². The molecule has 0 aliphatic heterocycles. The molecule has 0 saturated heterocycles. The van der Waals surface area contributed by atoms with Crippen LogP contribution in [-0.2, 0) is 5.41 Å². The Kier molecular flexibility index (Phi) is 7.82. The quantitative estimate of drug-likeness (QED) is 0.163. The van der Waals surface area contributed by atoms with Gasteiger partial charge in [-0.05, 0) is 120 Å². The molecule has 1 aliphatic carbocycles. The van der Waals surface area contributed by atoms with Crippen molar-refractivity contribution in [2.45, 2.75) is 5.41 Å². The van der Waals surface area contributed by atoms with E-state index in [4.69, 9.17) is 9.97 Å². The maximum absolute atomic E-state index is 5.41. The molecule has 3 heterocycles. The third-order valence-electron chi connectivity index (χ3n) is 13.4. The Morgan fingerprint density at radius 1 is 0.317 bits per heavy atom. The lowest BCUT2D eigenvalue weighted by molar-refractivity contribution is 0.769.